The lowest BCUT2D eigenvalue weighted by molar-refractivity contribution is -0.141. The third-order valence-electron chi connectivity index (χ3n) is 3.29. The highest BCUT2D eigenvalue weighted by Crippen LogP contribution is 2.18. The summed E-state index contributed by atoms with van der Waals surface area (Å²) in [6, 6.07) is -0.920. The van der Waals surface area contributed by atoms with Crippen molar-refractivity contribution in [2.75, 3.05) is 19.8 Å². The second-order valence-corrected chi connectivity index (χ2v) is 4.55. The van der Waals surface area contributed by atoms with Crippen molar-refractivity contribution < 1.29 is 19.4 Å². The third-order valence-corrected chi connectivity index (χ3v) is 3.29. The van der Waals surface area contributed by atoms with Crippen molar-refractivity contribution in [3.8, 4) is 0 Å². The molecule has 17 heavy (non-hydrogen) atoms. The molecule has 2 heterocycles. The number of hydrogen-bond acceptors (Lipinski definition) is 3. The zero-order chi connectivity index (χ0) is 12.3. The maximum absolute atomic E-state index is 11.9. The van der Waals surface area contributed by atoms with Crippen molar-refractivity contribution in [2.45, 2.75) is 37.8 Å². The Morgan fingerprint density at radius 1 is 1.29 bits per heavy atom. The first-order chi connectivity index (χ1) is 8.18. The van der Waals surface area contributed by atoms with Crippen molar-refractivity contribution in [3.63, 3.8) is 0 Å². The summed E-state index contributed by atoms with van der Waals surface area (Å²) in [7, 11) is 0. The van der Waals surface area contributed by atoms with E-state index >= 15 is 0 Å². The fourth-order valence-electron chi connectivity index (χ4n) is 2.38. The van der Waals surface area contributed by atoms with E-state index in [2.05, 4.69) is 5.32 Å². The van der Waals surface area contributed by atoms with Gasteiger partial charge in [0.2, 0.25) is 0 Å². The predicted molar refractivity (Wildman–Crippen MR) is 59.7 cm³/mol. The van der Waals surface area contributed by atoms with E-state index in [0.717, 1.165) is 25.9 Å². The Bertz CT molecular complexity index is 302. The van der Waals surface area contributed by atoms with Crippen LogP contribution in [0, 0.1) is 0 Å². The maximum Gasteiger partial charge on any atom is 0.326 e. The molecule has 0 aromatic heterocycles. The zero-order valence-corrected chi connectivity index (χ0v) is 9.72. The molecule has 0 saturated carbocycles. The zero-order valence-electron chi connectivity index (χ0n) is 9.72. The van der Waals surface area contributed by atoms with Crippen LogP contribution in [0.25, 0.3) is 0 Å². The van der Waals surface area contributed by atoms with Crippen LogP contribution in [0.15, 0.2) is 0 Å². The number of nitrogens with zero attached hydrogens (tertiary/aromatic N) is 1. The molecule has 2 aliphatic heterocycles. The first-order valence-corrected chi connectivity index (χ1v) is 6.06. The van der Waals surface area contributed by atoms with E-state index in [9.17, 15) is 9.59 Å². The number of carbonyl (C=O) groups excluding carboxylic acids is 1. The Balaban J connectivity index is 1.88. The Labute approximate surface area is 99.9 Å². The highest BCUT2D eigenvalue weighted by Gasteiger charge is 2.34. The van der Waals surface area contributed by atoms with Crippen LogP contribution in [0.2, 0.25) is 0 Å². The van der Waals surface area contributed by atoms with Crippen molar-refractivity contribution in [2.24, 2.45) is 0 Å². The molecule has 0 aromatic carbocycles. The molecule has 96 valence electrons. The summed E-state index contributed by atoms with van der Waals surface area (Å²) in [5, 5.41) is 11.8. The van der Waals surface area contributed by atoms with Crippen LogP contribution in [-0.4, -0.2) is 53.8 Å². The molecule has 6 heteroatoms. The van der Waals surface area contributed by atoms with Gasteiger partial charge in [0.05, 0.1) is 12.6 Å². The van der Waals surface area contributed by atoms with Crippen molar-refractivity contribution >= 4 is 12.0 Å². The van der Waals surface area contributed by atoms with E-state index in [0.29, 0.717) is 19.6 Å². The predicted octanol–water partition coefficient (Wildman–Crippen LogP) is 0.424. The maximum atomic E-state index is 11.9. The number of likely N-dealkylation sites (tertiary alicyclic amines) is 1. The molecular weight excluding hydrogens is 224 g/mol. The van der Waals surface area contributed by atoms with E-state index in [4.69, 9.17) is 9.84 Å². The fraction of sp³-hybridized carbons (Fsp3) is 0.818. The molecule has 0 bridgehead atoms. The summed E-state index contributed by atoms with van der Waals surface area (Å²) in [5.74, 6) is -0.919. The van der Waals surface area contributed by atoms with Gasteiger partial charge in [0.25, 0.3) is 0 Å². The van der Waals surface area contributed by atoms with E-state index < -0.39 is 12.0 Å². The Hall–Kier alpha value is -1.30. The molecule has 1 unspecified atom stereocenters. The lowest BCUT2D eigenvalue weighted by Gasteiger charge is -2.27. The van der Waals surface area contributed by atoms with E-state index in [1.54, 1.807) is 0 Å². The normalized spacial score (nSPS) is 29.1. The van der Waals surface area contributed by atoms with Crippen LogP contribution < -0.4 is 5.32 Å². The average molecular weight is 242 g/mol. The van der Waals surface area contributed by atoms with Crippen LogP contribution in [0.1, 0.15) is 25.7 Å². The molecule has 0 radical (unpaired) electrons. The van der Waals surface area contributed by atoms with Crippen LogP contribution in [-0.2, 0) is 9.53 Å². The van der Waals surface area contributed by atoms with Gasteiger partial charge < -0.3 is 20.1 Å². The van der Waals surface area contributed by atoms with Crippen molar-refractivity contribution in [3.05, 3.63) is 0 Å². The first kappa shape index (κ1) is 12.2. The lowest BCUT2D eigenvalue weighted by Crippen LogP contribution is -2.50. The van der Waals surface area contributed by atoms with Gasteiger partial charge in [-0.3, -0.25) is 0 Å². The van der Waals surface area contributed by atoms with Gasteiger partial charge in [0.1, 0.15) is 6.04 Å². The molecule has 2 aliphatic rings. The van der Waals surface area contributed by atoms with E-state index in [1.807, 2.05) is 0 Å². The largest absolute Gasteiger partial charge is 0.480 e. The van der Waals surface area contributed by atoms with Gasteiger partial charge in [0.15, 0.2) is 0 Å². The number of ether oxygens (including phenoxy) is 1. The molecule has 2 rings (SSSR count). The molecule has 2 atom stereocenters. The molecule has 2 fully saturated rings. The second-order valence-electron chi connectivity index (χ2n) is 4.55. The smallest absolute Gasteiger partial charge is 0.326 e. The van der Waals surface area contributed by atoms with E-state index in [1.165, 1.54) is 4.90 Å². The van der Waals surface area contributed by atoms with Gasteiger partial charge in [-0.2, -0.15) is 0 Å². The Kier molecular flexibility index (Phi) is 3.83. The third kappa shape index (κ3) is 2.88. The number of hydrogen-bond donors (Lipinski definition) is 2. The summed E-state index contributed by atoms with van der Waals surface area (Å²) in [5.41, 5.74) is 0. The summed E-state index contributed by atoms with van der Waals surface area (Å²) >= 11 is 0. The first-order valence-electron chi connectivity index (χ1n) is 6.06. The molecular formula is C11H18N2O4. The van der Waals surface area contributed by atoms with Crippen LogP contribution >= 0.6 is 0 Å². The Morgan fingerprint density at radius 2 is 2.12 bits per heavy atom. The molecule has 0 aromatic rings. The highest BCUT2D eigenvalue weighted by molar-refractivity contribution is 5.83. The Morgan fingerprint density at radius 3 is 2.76 bits per heavy atom. The molecule has 2 N–H and O–H groups in total. The quantitative estimate of drug-likeness (QED) is 0.735. The van der Waals surface area contributed by atoms with Crippen molar-refractivity contribution in [1.82, 2.24) is 10.2 Å². The SMILES string of the molecule is O=C(O)[C@H]1CCCN1C(=O)NC1CCCOC1. The van der Waals surface area contributed by atoms with Crippen LogP contribution in [0.4, 0.5) is 4.79 Å². The van der Waals surface area contributed by atoms with Gasteiger partial charge in [-0.05, 0) is 25.7 Å². The average Bonchev–Trinajstić information content (AvgIpc) is 2.79. The summed E-state index contributed by atoms with van der Waals surface area (Å²) in [6.45, 7) is 1.79. The van der Waals surface area contributed by atoms with Crippen molar-refractivity contribution in [1.29, 1.82) is 0 Å². The minimum Gasteiger partial charge on any atom is -0.480 e. The van der Waals surface area contributed by atoms with Gasteiger partial charge in [-0.1, -0.05) is 0 Å². The number of aliphatic carboxylic acids is 1. The highest BCUT2D eigenvalue weighted by atomic mass is 16.5. The minimum atomic E-state index is -0.919. The number of nitrogens with one attached hydrogen (secondary N) is 1. The molecule has 2 amide bonds. The summed E-state index contributed by atoms with van der Waals surface area (Å²) < 4.78 is 5.27. The number of amides is 2. The minimum absolute atomic E-state index is 0.0197. The number of carboxylic acid groups (broad SMARTS) is 1. The standard InChI is InChI=1S/C11H18N2O4/c14-10(15)9-4-1-5-13(9)11(16)12-8-3-2-6-17-7-8/h8-9H,1-7H2,(H,12,16)(H,14,15)/t8?,9-/m1/s1. The number of rotatable bonds is 2. The lowest BCUT2D eigenvalue weighted by atomic mass is 10.1. The summed E-state index contributed by atoms with van der Waals surface area (Å²) in [6.07, 6.45) is 3.14. The summed E-state index contributed by atoms with van der Waals surface area (Å²) in [4.78, 5) is 24.3. The molecule has 2 saturated heterocycles. The second kappa shape index (κ2) is 5.35. The van der Waals surface area contributed by atoms with E-state index in [-0.39, 0.29) is 12.1 Å². The molecule has 6 nitrogen and oxygen atoms in total. The molecule has 0 aliphatic carbocycles. The van der Waals surface area contributed by atoms with Gasteiger partial charge in [-0.15, -0.1) is 0 Å². The van der Waals surface area contributed by atoms with Crippen LogP contribution in [0.3, 0.4) is 0 Å². The number of carboxylic acids is 1. The van der Waals surface area contributed by atoms with Crippen LogP contribution in [0.5, 0.6) is 0 Å². The monoisotopic (exact) mass is 242 g/mol. The van der Waals surface area contributed by atoms with Gasteiger partial charge >= 0.3 is 12.0 Å². The van der Waals surface area contributed by atoms with Gasteiger partial charge in [-0.25, -0.2) is 9.59 Å². The fourth-order valence-corrected chi connectivity index (χ4v) is 2.38. The number of urea groups is 1. The number of carbonyl (C=O) groups is 2. The molecule has 0 spiro atoms. The topological polar surface area (TPSA) is 78.9 Å². The van der Waals surface area contributed by atoms with Gasteiger partial charge in [0, 0.05) is 13.2 Å².